The van der Waals surface area contributed by atoms with Crippen LogP contribution in [0.2, 0.25) is 0 Å². The van der Waals surface area contributed by atoms with E-state index in [0.29, 0.717) is 0 Å². The summed E-state index contributed by atoms with van der Waals surface area (Å²) in [5, 5.41) is 2.29. The minimum Gasteiger partial charge on any atom is -0.455 e. The Balaban J connectivity index is 2.07. The standard InChI is InChI=1S/C17H12BNO/c18-11-8-9-15(19-10-11)14-6-3-5-13-12-4-1-2-7-16(12)20-17(13)14/h1-10H,18H2. The molecule has 0 fully saturated rings. The highest BCUT2D eigenvalue weighted by atomic mass is 16.3. The third-order valence-electron chi connectivity index (χ3n) is 3.59. The molecule has 0 spiro atoms. The maximum atomic E-state index is 6.03. The molecule has 0 N–H and O–H groups in total. The van der Waals surface area contributed by atoms with Crippen molar-refractivity contribution in [2.24, 2.45) is 0 Å². The van der Waals surface area contributed by atoms with Crippen LogP contribution in [-0.4, -0.2) is 12.8 Å². The van der Waals surface area contributed by atoms with E-state index in [9.17, 15) is 0 Å². The summed E-state index contributed by atoms with van der Waals surface area (Å²) in [6, 6.07) is 18.4. The normalized spacial score (nSPS) is 11.2. The van der Waals surface area contributed by atoms with Gasteiger partial charge < -0.3 is 4.42 Å². The van der Waals surface area contributed by atoms with Gasteiger partial charge in [-0.3, -0.25) is 4.98 Å². The Morgan fingerprint density at radius 3 is 2.55 bits per heavy atom. The smallest absolute Gasteiger partial charge is 0.144 e. The molecule has 0 aliphatic carbocycles. The van der Waals surface area contributed by atoms with Crippen molar-refractivity contribution in [3.63, 3.8) is 0 Å². The molecule has 2 nitrogen and oxygen atoms in total. The molecule has 0 radical (unpaired) electrons. The molecule has 0 amide bonds. The van der Waals surface area contributed by atoms with E-state index in [2.05, 4.69) is 35.3 Å². The van der Waals surface area contributed by atoms with Crippen molar-refractivity contribution in [1.82, 2.24) is 4.98 Å². The number of hydrogen-bond donors (Lipinski definition) is 0. The molecule has 0 aliphatic heterocycles. The number of furan rings is 1. The third kappa shape index (κ3) is 1.63. The number of benzene rings is 2. The first-order chi connectivity index (χ1) is 9.83. The van der Waals surface area contributed by atoms with Crippen LogP contribution in [0.25, 0.3) is 33.2 Å². The van der Waals surface area contributed by atoms with Gasteiger partial charge in [0.25, 0.3) is 0 Å². The van der Waals surface area contributed by atoms with Gasteiger partial charge in [-0.2, -0.15) is 0 Å². The minimum absolute atomic E-state index is 0.907. The molecule has 0 bridgehead atoms. The highest BCUT2D eigenvalue weighted by Gasteiger charge is 2.11. The Kier molecular flexibility index (Phi) is 2.39. The van der Waals surface area contributed by atoms with Crippen molar-refractivity contribution in [3.05, 3.63) is 60.8 Å². The molecule has 94 valence electrons. The zero-order chi connectivity index (χ0) is 13.5. The van der Waals surface area contributed by atoms with Gasteiger partial charge in [0.2, 0.25) is 0 Å². The monoisotopic (exact) mass is 257 g/mol. The maximum absolute atomic E-state index is 6.03. The van der Waals surface area contributed by atoms with E-state index in [1.807, 2.05) is 38.3 Å². The van der Waals surface area contributed by atoms with E-state index in [1.54, 1.807) is 0 Å². The fourth-order valence-electron chi connectivity index (χ4n) is 2.58. The van der Waals surface area contributed by atoms with E-state index in [4.69, 9.17) is 4.42 Å². The maximum Gasteiger partial charge on any atom is 0.144 e. The van der Waals surface area contributed by atoms with Crippen LogP contribution in [0.4, 0.5) is 0 Å². The van der Waals surface area contributed by atoms with Gasteiger partial charge in [-0.1, -0.05) is 41.9 Å². The van der Waals surface area contributed by atoms with Crippen molar-refractivity contribution in [2.75, 3.05) is 0 Å². The fourth-order valence-corrected chi connectivity index (χ4v) is 2.58. The second-order valence-electron chi connectivity index (χ2n) is 5.00. The molecule has 2 aromatic carbocycles. The highest BCUT2D eigenvalue weighted by Crippen LogP contribution is 2.34. The lowest BCUT2D eigenvalue weighted by atomic mass is 9.97. The SMILES string of the molecule is Bc1ccc(-c2cccc3c2oc2ccccc23)nc1. The summed E-state index contributed by atoms with van der Waals surface area (Å²) in [5.74, 6) is 0. The summed E-state index contributed by atoms with van der Waals surface area (Å²) in [5.41, 5.74) is 4.97. The molecule has 0 atom stereocenters. The topological polar surface area (TPSA) is 26.0 Å². The van der Waals surface area contributed by atoms with E-state index >= 15 is 0 Å². The van der Waals surface area contributed by atoms with Crippen LogP contribution in [0.15, 0.2) is 65.2 Å². The fraction of sp³-hybridized carbons (Fsp3) is 0. The number of aromatic nitrogens is 1. The molecule has 0 aliphatic rings. The Labute approximate surface area is 117 Å². The summed E-state index contributed by atoms with van der Waals surface area (Å²) in [6.07, 6.45) is 1.89. The predicted octanol–water partition coefficient (Wildman–Crippen LogP) is 2.91. The summed E-state index contributed by atoms with van der Waals surface area (Å²) in [7, 11) is 2.04. The van der Waals surface area contributed by atoms with E-state index in [0.717, 1.165) is 38.7 Å². The number of hydrogen-bond acceptors (Lipinski definition) is 2. The first kappa shape index (κ1) is 11.3. The summed E-state index contributed by atoms with van der Waals surface area (Å²) in [4.78, 5) is 4.51. The lowest BCUT2D eigenvalue weighted by Crippen LogP contribution is -2.02. The van der Waals surface area contributed by atoms with Crippen LogP contribution in [0.1, 0.15) is 0 Å². The number of pyridine rings is 1. The number of para-hydroxylation sites is 2. The Morgan fingerprint density at radius 1 is 0.850 bits per heavy atom. The zero-order valence-corrected chi connectivity index (χ0v) is 11.1. The molecule has 3 heteroatoms. The molecular weight excluding hydrogens is 245 g/mol. The molecule has 0 unspecified atom stereocenters. The first-order valence-electron chi connectivity index (χ1n) is 6.66. The summed E-state index contributed by atoms with van der Waals surface area (Å²) >= 11 is 0. The second-order valence-corrected chi connectivity index (χ2v) is 5.00. The third-order valence-corrected chi connectivity index (χ3v) is 3.59. The molecule has 2 heterocycles. The molecule has 4 aromatic rings. The second kappa shape index (κ2) is 4.24. The van der Waals surface area contributed by atoms with Crippen LogP contribution in [0.5, 0.6) is 0 Å². The van der Waals surface area contributed by atoms with Crippen LogP contribution in [-0.2, 0) is 0 Å². The number of rotatable bonds is 1. The van der Waals surface area contributed by atoms with Gasteiger partial charge in [-0.15, -0.1) is 0 Å². The highest BCUT2D eigenvalue weighted by molar-refractivity contribution is 6.32. The van der Waals surface area contributed by atoms with E-state index < -0.39 is 0 Å². The van der Waals surface area contributed by atoms with Crippen LogP contribution in [0, 0.1) is 0 Å². The van der Waals surface area contributed by atoms with Crippen molar-refractivity contribution in [1.29, 1.82) is 0 Å². The Morgan fingerprint density at radius 2 is 1.70 bits per heavy atom. The first-order valence-corrected chi connectivity index (χ1v) is 6.66. The lowest BCUT2D eigenvalue weighted by molar-refractivity contribution is 0.670. The number of fused-ring (bicyclic) bond motifs is 3. The van der Waals surface area contributed by atoms with Gasteiger partial charge in [0.1, 0.15) is 19.0 Å². The molecule has 0 saturated carbocycles. The molecule has 2 aromatic heterocycles. The Hall–Kier alpha value is -2.55. The largest absolute Gasteiger partial charge is 0.455 e. The van der Waals surface area contributed by atoms with Gasteiger partial charge in [0.15, 0.2) is 0 Å². The van der Waals surface area contributed by atoms with Crippen molar-refractivity contribution in [2.45, 2.75) is 0 Å². The van der Waals surface area contributed by atoms with Crippen molar-refractivity contribution in [3.8, 4) is 11.3 Å². The number of nitrogens with zero attached hydrogens (tertiary/aromatic N) is 1. The molecule has 4 rings (SSSR count). The van der Waals surface area contributed by atoms with Crippen molar-refractivity contribution >= 4 is 35.2 Å². The van der Waals surface area contributed by atoms with E-state index in [1.165, 1.54) is 0 Å². The quantitative estimate of drug-likeness (QED) is 0.490. The summed E-state index contributed by atoms with van der Waals surface area (Å²) < 4.78 is 6.03. The minimum atomic E-state index is 0.907. The predicted molar refractivity (Wildman–Crippen MR) is 85.1 cm³/mol. The lowest BCUT2D eigenvalue weighted by Gasteiger charge is -2.02. The average Bonchev–Trinajstić information content (AvgIpc) is 2.87. The van der Waals surface area contributed by atoms with E-state index in [-0.39, 0.29) is 0 Å². The Bertz CT molecular complexity index is 909. The average molecular weight is 257 g/mol. The van der Waals surface area contributed by atoms with Crippen LogP contribution >= 0.6 is 0 Å². The molecule has 20 heavy (non-hydrogen) atoms. The van der Waals surface area contributed by atoms with Gasteiger partial charge >= 0.3 is 0 Å². The summed E-state index contributed by atoms with van der Waals surface area (Å²) in [6.45, 7) is 0. The van der Waals surface area contributed by atoms with Crippen LogP contribution in [0.3, 0.4) is 0 Å². The van der Waals surface area contributed by atoms with Crippen LogP contribution < -0.4 is 5.46 Å². The molecular formula is C17H12BNO. The van der Waals surface area contributed by atoms with Gasteiger partial charge in [0, 0.05) is 22.5 Å². The zero-order valence-electron chi connectivity index (χ0n) is 11.1. The van der Waals surface area contributed by atoms with Gasteiger partial charge in [0.05, 0.1) is 5.69 Å². The van der Waals surface area contributed by atoms with Gasteiger partial charge in [-0.25, -0.2) is 0 Å². The molecule has 0 saturated heterocycles. The van der Waals surface area contributed by atoms with Gasteiger partial charge in [-0.05, 0) is 18.2 Å². The van der Waals surface area contributed by atoms with Crippen molar-refractivity contribution < 1.29 is 4.42 Å².